The standard InChI is InChI=1S/C16H29N3O3/c1-7-13(18-15(20)22-16(4,5)6)14-9-17-11-19(14)10-12(3)21-8-2/h9,11-13H,7-8,10H2,1-6H3,(H,18,20)/t12?,13-/m1/s1. The van der Waals surface area contributed by atoms with Crippen molar-refractivity contribution >= 4 is 6.09 Å². The lowest BCUT2D eigenvalue weighted by Crippen LogP contribution is -2.35. The second-order valence-electron chi connectivity index (χ2n) is 6.34. The predicted octanol–water partition coefficient (Wildman–Crippen LogP) is 3.28. The van der Waals surface area contributed by atoms with Gasteiger partial charge in [0.25, 0.3) is 0 Å². The van der Waals surface area contributed by atoms with Crippen LogP contribution in [0.25, 0.3) is 0 Å². The molecule has 1 N–H and O–H groups in total. The highest BCUT2D eigenvalue weighted by Gasteiger charge is 2.22. The van der Waals surface area contributed by atoms with E-state index >= 15 is 0 Å². The largest absolute Gasteiger partial charge is 0.444 e. The Morgan fingerprint density at radius 3 is 2.64 bits per heavy atom. The molecule has 0 spiro atoms. The van der Waals surface area contributed by atoms with Crippen LogP contribution in [-0.2, 0) is 16.0 Å². The molecule has 1 unspecified atom stereocenters. The number of hydrogen-bond acceptors (Lipinski definition) is 4. The first-order chi connectivity index (χ1) is 10.3. The molecule has 1 aromatic rings. The SMILES string of the molecule is CCOC(C)Cn1cncc1[C@@H](CC)NC(=O)OC(C)(C)C. The van der Waals surface area contributed by atoms with Crippen molar-refractivity contribution in [1.29, 1.82) is 0 Å². The minimum absolute atomic E-state index is 0.0944. The molecule has 126 valence electrons. The number of amides is 1. The van der Waals surface area contributed by atoms with Crippen LogP contribution in [-0.4, -0.2) is 34.0 Å². The minimum Gasteiger partial charge on any atom is -0.444 e. The zero-order valence-corrected chi connectivity index (χ0v) is 14.5. The molecular formula is C16H29N3O3. The second-order valence-corrected chi connectivity index (χ2v) is 6.34. The molecule has 0 saturated heterocycles. The monoisotopic (exact) mass is 311 g/mol. The van der Waals surface area contributed by atoms with Crippen molar-refractivity contribution in [3.05, 3.63) is 18.2 Å². The third-order valence-electron chi connectivity index (χ3n) is 3.11. The van der Waals surface area contributed by atoms with Crippen LogP contribution >= 0.6 is 0 Å². The average Bonchev–Trinajstić information content (AvgIpc) is 2.82. The minimum atomic E-state index is -0.508. The predicted molar refractivity (Wildman–Crippen MR) is 85.7 cm³/mol. The quantitative estimate of drug-likeness (QED) is 0.839. The Kier molecular flexibility index (Phi) is 6.87. The molecular weight excluding hydrogens is 282 g/mol. The highest BCUT2D eigenvalue weighted by molar-refractivity contribution is 5.68. The van der Waals surface area contributed by atoms with Crippen LogP contribution in [0, 0.1) is 0 Å². The molecule has 0 aromatic carbocycles. The van der Waals surface area contributed by atoms with Gasteiger partial charge in [0.05, 0.1) is 30.4 Å². The van der Waals surface area contributed by atoms with Crippen LogP contribution in [0.15, 0.2) is 12.5 Å². The summed E-state index contributed by atoms with van der Waals surface area (Å²) in [4.78, 5) is 16.2. The van der Waals surface area contributed by atoms with E-state index in [1.54, 1.807) is 12.5 Å². The number of rotatable bonds is 7. The number of nitrogens with zero attached hydrogens (tertiary/aromatic N) is 2. The van der Waals surface area contributed by atoms with Gasteiger partial charge in [-0.2, -0.15) is 0 Å². The maximum absolute atomic E-state index is 12.0. The van der Waals surface area contributed by atoms with Gasteiger partial charge in [-0.3, -0.25) is 0 Å². The third kappa shape index (κ3) is 6.05. The molecule has 2 atom stereocenters. The smallest absolute Gasteiger partial charge is 0.408 e. The molecule has 1 rings (SSSR count). The zero-order valence-electron chi connectivity index (χ0n) is 14.5. The summed E-state index contributed by atoms with van der Waals surface area (Å²) in [5.74, 6) is 0. The van der Waals surface area contributed by atoms with Crippen molar-refractivity contribution in [2.24, 2.45) is 0 Å². The van der Waals surface area contributed by atoms with Gasteiger partial charge in [-0.1, -0.05) is 6.92 Å². The van der Waals surface area contributed by atoms with Crippen molar-refractivity contribution in [3.63, 3.8) is 0 Å². The average molecular weight is 311 g/mol. The fourth-order valence-electron chi connectivity index (χ4n) is 2.22. The fraction of sp³-hybridized carbons (Fsp3) is 0.750. The van der Waals surface area contributed by atoms with Gasteiger partial charge in [-0.05, 0) is 41.0 Å². The van der Waals surface area contributed by atoms with E-state index in [9.17, 15) is 4.79 Å². The molecule has 6 nitrogen and oxygen atoms in total. The third-order valence-corrected chi connectivity index (χ3v) is 3.11. The van der Waals surface area contributed by atoms with Crippen LogP contribution < -0.4 is 5.32 Å². The summed E-state index contributed by atoms with van der Waals surface area (Å²) < 4.78 is 12.9. The van der Waals surface area contributed by atoms with Crippen LogP contribution in [0.2, 0.25) is 0 Å². The van der Waals surface area contributed by atoms with Gasteiger partial charge < -0.3 is 19.4 Å². The summed E-state index contributed by atoms with van der Waals surface area (Å²) in [5, 5.41) is 2.91. The number of carbonyl (C=O) groups excluding carboxylic acids is 1. The van der Waals surface area contributed by atoms with E-state index in [1.165, 1.54) is 0 Å². The van der Waals surface area contributed by atoms with E-state index in [2.05, 4.69) is 10.3 Å². The number of aromatic nitrogens is 2. The first kappa shape index (κ1) is 18.5. The maximum atomic E-state index is 12.0. The van der Waals surface area contributed by atoms with Gasteiger partial charge in [0.2, 0.25) is 0 Å². The molecule has 0 bridgehead atoms. The molecule has 6 heteroatoms. The lowest BCUT2D eigenvalue weighted by atomic mass is 10.1. The Morgan fingerprint density at radius 2 is 2.09 bits per heavy atom. The van der Waals surface area contributed by atoms with E-state index in [-0.39, 0.29) is 12.1 Å². The van der Waals surface area contributed by atoms with Gasteiger partial charge >= 0.3 is 6.09 Å². The summed E-state index contributed by atoms with van der Waals surface area (Å²) in [7, 11) is 0. The summed E-state index contributed by atoms with van der Waals surface area (Å²) >= 11 is 0. The van der Waals surface area contributed by atoms with E-state index in [1.807, 2.05) is 46.1 Å². The number of carbonyl (C=O) groups is 1. The lowest BCUT2D eigenvalue weighted by molar-refractivity contribution is 0.0496. The van der Waals surface area contributed by atoms with Crippen molar-refractivity contribution in [3.8, 4) is 0 Å². The number of nitrogens with one attached hydrogen (secondary N) is 1. The Morgan fingerprint density at radius 1 is 1.41 bits per heavy atom. The van der Waals surface area contributed by atoms with Crippen molar-refractivity contribution in [1.82, 2.24) is 14.9 Å². The number of ether oxygens (including phenoxy) is 2. The molecule has 0 aliphatic carbocycles. The molecule has 22 heavy (non-hydrogen) atoms. The summed E-state index contributed by atoms with van der Waals surface area (Å²) in [6.45, 7) is 12.9. The highest BCUT2D eigenvalue weighted by atomic mass is 16.6. The second kappa shape index (κ2) is 8.17. The zero-order chi connectivity index (χ0) is 16.8. The van der Waals surface area contributed by atoms with Crippen LogP contribution in [0.3, 0.4) is 0 Å². The van der Waals surface area contributed by atoms with Gasteiger partial charge in [-0.15, -0.1) is 0 Å². The van der Waals surface area contributed by atoms with E-state index in [4.69, 9.17) is 9.47 Å². The number of hydrogen-bond donors (Lipinski definition) is 1. The number of alkyl carbamates (subject to hydrolysis) is 1. The van der Waals surface area contributed by atoms with Gasteiger partial charge in [0.1, 0.15) is 5.60 Å². The van der Waals surface area contributed by atoms with Gasteiger partial charge in [0.15, 0.2) is 0 Å². The molecule has 0 aliphatic rings. The molecule has 1 heterocycles. The van der Waals surface area contributed by atoms with E-state index in [0.717, 1.165) is 12.1 Å². The molecule has 1 amide bonds. The fourth-order valence-corrected chi connectivity index (χ4v) is 2.22. The topological polar surface area (TPSA) is 65.4 Å². The summed E-state index contributed by atoms with van der Waals surface area (Å²) in [5.41, 5.74) is 0.450. The van der Waals surface area contributed by atoms with Crippen molar-refractivity contribution < 1.29 is 14.3 Å². The Hall–Kier alpha value is -1.56. The summed E-state index contributed by atoms with van der Waals surface area (Å²) in [6.07, 6.45) is 3.99. The number of imidazole rings is 1. The first-order valence-electron chi connectivity index (χ1n) is 7.88. The Labute approximate surface area is 133 Å². The molecule has 0 saturated carbocycles. The molecule has 1 aromatic heterocycles. The molecule has 0 aliphatic heterocycles. The normalized spacial score (nSPS) is 14.5. The first-order valence-corrected chi connectivity index (χ1v) is 7.88. The Bertz CT molecular complexity index is 465. The van der Waals surface area contributed by atoms with Crippen molar-refractivity contribution in [2.75, 3.05) is 6.61 Å². The lowest BCUT2D eigenvalue weighted by Gasteiger charge is -2.24. The van der Waals surface area contributed by atoms with Gasteiger partial charge in [-0.25, -0.2) is 9.78 Å². The van der Waals surface area contributed by atoms with Crippen molar-refractivity contribution in [2.45, 2.75) is 72.3 Å². The Balaban J connectivity index is 2.75. The van der Waals surface area contributed by atoms with E-state index < -0.39 is 11.7 Å². The molecule has 0 radical (unpaired) electrons. The van der Waals surface area contributed by atoms with E-state index in [0.29, 0.717) is 13.2 Å². The van der Waals surface area contributed by atoms with Gasteiger partial charge in [0, 0.05) is 13.2 Å². The van der Waals surface area contributed by atoms with Crippen LogP contribution in [0.1, 0.15) is 59.7 Å². The van der Waals surface area contributed by atoms with Crippen LogP contribution in [0.4, 0.5) is 4.79 Å². The maximum Gasteiger partial charge on any atom is 0.408 e. The molecule has 0 fully saturated rings. The highest BCUT2D eigenvalue weighted by Crippen LogP contribution is 2.18. The summed E-state index contributed by atoms with van der Waals surface area (Å²) in [6, 6.07) is -0.133. The van der Waals surface area contributed by atoms with Crippen LogP contribution in [0.5, 0.6) is 0 Å².